The summed E-state index contributed by atoms with van der Waals surface area (Å²) in [6, 6.07) is 5.45. The third-order valence-electron chi connectivity index (χ3n) is 2.35. The summed E-state index contributed by atoms with van der Waals surface area (Å²) in [6.07, 6.45) is 3.22. The van der Waals surface area contributed by atoms with Crippen molar-refractivity contribution in [3.05, 3.63) is 29.8 Å². The van der Waals surface area contributed by atoms with Gasteiger partial charge in [0, 0.05) is 23.2 Å². The van der Waals surface area contributed by atoms with Gasteiger partial charge in [0.2, 0.25) is 5.91 Å². The maximum atomic E-state index is 11.7. The third-order valence-corrected chi connectivity index (χ3v) is 2.35. The fourth-order valence-corrected chi connectivity index (χ4v) is 1.53. The summed E-state index contributed by atoms with van der Waals surface area (Å²) in [7, 11) is 3.18. The Balaban J connectivity index is 2.84. The Hall–Kier alpha value is -1.97. The number of methoxy groups -OCH3 is 2. The van der Waals surface area contributed by atoms with Crippen molar-refractivity contribution in [3.8, 4) is 11.5 Å². The van der Waals surface area contributed by atoms with Gasteiger partial charge >= 0.3 is 0 Å². The quantitative estimate of drug-likeness (QED) is 0.849. The number of rotatable bonds is 4. The zero-order chi connectivity index (χ0) is 14.5. The van der Waals surface area contributed by atoms with Crippen molar-refractivity contribution < 1.29 is 14.3 Å². The molecule has 1 N–H and O–H groups in total. The highest BCUT2D eigenvalue weighted by molar-refractivity contribution is 5.92. The zero-order valence-electron chi connectivity index (χ0n) is 12.1. The molecular formula is C15H21NO3. The second kappa shape index (κ2) is 6.27. The van der Waals surface area contributed by atoms with Gasteiger partial charge in [-0.05, 0) is 39.0 Å². The Bertz CT molecular complexity index is 473. The van der Waals surface area contributed by atoms with Crippen molar-refractivity contribution in [1.82, 2.24) is 5.32 Å². The summed E-state index contributed by atoms with van der Waals surface area (Å²) in [5.41, 5.74) is 0.582. The molecule has 0 atom stereocenters. The Morgan fingerprint density at radius 2 is 1.89 bits per heavy atom. The van der Waals surface area contributed by atoms with Crippen LogP contribution in [0, 0.1) is 0 Å². The number of hydrogen-bond donors (Lipinski definition) is 1. The van der Waals surface area contributed by atoms with Crippen LogP contribution in [0.5, 0.6) is 11.5 Å². The van der Waals surface area contributed by atoms with Gasteiger partial charge in [0.1, 0.15) is 11.5 Å². The van der Waals surface area contributed by atoms with Crippen molar-refractivity contribution in [2.75, 3.05) is 14.2 Å². The third kappa shape index (κ3) is 5.04. The van der Waals surface area contributed by atoms with Crippen molar-refractivity contribution in [3.63, 3.8) is 0 Å². The lowest BCUT2D eigenvalue weighted by Crippen LogP contribution is -2.39. The van der Waals surface area contributed by atoms with Crippen molar-refractivity contribution in [1.29, 1.82) is 0 Å². The molecular weight excluding hydrogens is 242 g/mol. The molecule has 0 unspecified atom stereocenters. The number of benzene rings is 1. The van der Waals surface area contributed by atoms with Gasteiger partial charge in [-0.1, -0.05) is 0 Å². The minimum Gasteiger partial charge on any atom is -0.497 e. The maximum absolute atomic E-state index is 11.7. The fraction of sp³-hybridized carbons (Fsp3) is 0.400. The van der Waals surface area contributed by atoms with Gasteiger partial charge in [-0.2, -0.15) is 0 Å². The smallest absolute Gasteiger partial charge is 0.244 e. The number of carbonyl (C=O) groups excluding carboxylic acids is 1. The molecule has 0 spiro atoms. The summed E-state index contributed by atoms with van der Waals surface area (Å²) in [6.45, 7) is 5.81. The Morgan fingerprint density at radius 3 is 2.42 bits per heavy atom. The lowest BCUT2D eigenvalue weighted by Gasteiger charge is -2.19. The second-order valence-electron chi connectivity index (χ2n) is 5.18. The van der Waals surface area contributed by atoms with Crippen LogP contribution < -0.4 is 14.8 Å². The molecule has 1 aromatic rings. The van der Waals surface area contributed by atoms with E-state index in [0.29, 0.717) is 11.5 Å². The summed E-state index contributed by atoms with van der Waals surface area (Å²) >= 11 is 0. The van der Waals surface area contributed by atoms with E-state index in [1.54, 1.807) is 26.4 Å². The molecule has 0 aliphatic rings. The second-order valence-corrected chi connectivity index (χ2v) is 5.18. The molecule has 0 saturated heterocycles. The van der Waals surface area contributed by atoms with Crippen molar-refractivity contribution >= 4 is 12.0 Å². The molecule has 0 saturated carbocycles. The first-order valence-corrected chi connectivity index (χ1v) is 6.08. The van der Waals surface area contributed by atoms with Crippen LogP contribution in [0.25, 0.3) is 6.08 Å². The Labute approximate surface area is 114 Å². The molecule has 0 radical (unpaired) electrons. The van der Waals surface area contributed by atoms with E-state index in [1.165, 1.54) is 6.08 Å². The van der Waals surface area contributed by atoms with Gasteiger partial charge in [-0.15, -0.1) is 0 Å². The van der Waals surface area contributed by atoms with Crippen LogP contribution in [0.2, 0.25) is 0 Å². The van der Waals surface area contributed by atoms with Gasteiger partial charge in [-0.25, -0.2) is 0 Å². The molecule has 0 aromatic heterocycles. The standard InChI is InChI=1S/C15H21NO3/c1-15(2,3)16-14(17)9-7-11-6-8-12(18-4)10-13(11)19-5/h6-10H,1-5H3,(H,16,17)/b9-7+. The summed E-state index contributed by atoms with van der Waals surface area (Å²) in [5.74, 6) is 1.25. The number of amides is 1. The molecule has 0 heterocycles. The van der Waals surface area contributed by atoms with Crippen LogP contribution in [0.1, 0.15) is 26.3 Å². The SMILES string of the molecule is COc1ccc(/C=C/C(=O)NC(C)(C)C)c(OC)c1. The first kappa shape index (κ1) is 15.1. The fourth-order valence-electron chi connectivity index (χ4n) is 1.53. The maximum Gasteiger partial charge on any atom is 0.244 e. The lowest BCUT2D eigenvalue weighted by atomic mass is 10.1. The first-order valence-electron chi connectivity index (χ1n) is 6.08. The molecule has 0 aliphatic heterocycles. The molecule has 1 aromatic carbocycles. The molecule has 1 rings (SSSR count). The molecule has 4 nitrogen and oxygen atoms in total. The van der Waals surface area contributed by atoms with E-state index >= 15 is 0 Å². The van der Waals surface area contributed by atoms with E-state index in [0.717, 1.165) is 5.56 Å². The topological polar surface area (TPSA) is 47.6 Å². The molecule has 104 valence electrons. The number of hydrogen-bond acceptors (Lipinski definition) is 3. The van der Waals surface area contributed by atoms with Gasteiger partial charge in [0.25, 0.3) is 0 Å². The van der Waals surface area contributed by atoms with Gasteiger partial charge in [0.15, 0.2) is 0 Å². The molecule has 0 fully saturated rings. The minimum atomic E-state index is -0.245. The van der Waals surface area contributed by atoms with Crippen LogP contribution >= 0.6 is 0 Å². The van der Waals surface area contributed by atoms with E-state index in [2.05, 4.69) is 5.32 Å². The zero-order valence-corrected chi connectivity index (χ0v) is 12.1. The average Bonchev–Trinajstić information content (AvgIpc) is 2.34. The molecule has 4 heteroatoms. The minimum absolute atomic E-state index is 0.134. The largest absolute Gasteiger partial charge is 0.497 e. The van der Waals surface area contributed by atoms with Crippen molar-refractivity contribution in [2.24, 2.45) is 0 Å². The first-order chi connectivity index (χ1) is 8.85. The predicted octanol–water partition coefficient (Wildman–Crippen LogP) is 2.63. The van der Waals surface area contributed by atoms with Gasteiger partial charge in [0.05, 0.1) is 14.2 Å². The summed E-state index contributed by atoms with van der Waals surface area (Å²) in [4.78, 5) is 11.7. The molecule has 19 heavy (non-hydrogen) atoms. The van der Waals surface area contributed by atoms with Crippen molar-refractivity contribution in [2.45, 2.75) is 26.3 Å². The van der Waals surface area contributed by atoms with Crippen LogP contribution in [0.4, 0.5) is 0 Å². The van der Waals surface area contributed by atoms with Crippen LogP contribution in [0.3, 0.4) is 0 Å². The van der Waals surface area contributed by atoms with E-state index in [-0.39, 0.29) is 11.4 Å². The van der Waals surface area contributed by atoms with Gasteiger partial charge in [-0.3, -0.25) is 4.79 Å². The van der Waals surface area contributed by atoms with E-state index < -0.39 is 0 Å². The van der Waals surface area contributed by atoms with Gasteiger partial charge < -0.3 is 14.8 Å². The monoisotopic (exact) mass is 263 g/mol. The molecule has 0 aliphatic carbocycles. The number of ether oxygens (including phenoxy) is 2. The predicted molar refractivity (Wildman–Crippen MR) is 76.5 cm³/mol. The normalized spacial score (nSPS) is 11.4. The Morgan fingerprint density at radius 1 is 1.21 bits per heavy atom. The van der Waals surface area contributed by atoms with Crippen LogP contribution in [0.15, 0.2) is 24.3 Å². The number of carbonyl (C=O) groups is 1. The summed E-state index contributed by atoms with van der Waals surface area (Å²) in [5, 5.41) is 2.86. The van der Waals surface area contributed by atoms with E-state index in [9.17, 15) is 4.79 Å². The highest BCUT2D eigenvalue weighted by atomic mass is 16.5. The van der Waals surface area contributed by atoms with Crippen LogP contribution in [-0.4, -0.2) is 25.7 Å². The molecule has 0 bridgehead atoms. The van der Waals surface area contributed by atoms with E-state index in [1.807, 2.05) is 32.9 Å². The lowest BCUT2D eigenvalue weighted by molar-refractivity contribution is -0.117. The Kier molecular flexibility index (Phi) is 4.98. The van der Waals surface area contributed by atoms with Crippen LogP contribution in [-0.2, 0) is 4.79 Å². The summed E-state index contributed by atoms with van der Waals surface area (Å²) < 4.78 is 10.4. The molecule has 1 amide bonds. The average molecular weight is 263 g/mol. The van der Waals surface area contributed by atoms with E-state index in [4.69, 9.17) is 9.47 Å². The highest BCUT2D eigenvalue weighted by Crippen LogP contribution is 2.25. The highest BCUT2D eigenvalue weighted by Gasteiger charge is 2.11. The number of nitrogens with one attached hydrogen (secondary N) is 1.